The van der Waals surface area contributed by atoms with Gasteiger partial charge in [-0.15, -0.1) is 0 Å². The minimum Gasteiger partial charge on any atom is -0.508 e. The summed E-state index contributed by atoms with van der Waals surface area (Å²) in [5.74, 6) is -0.219. The Bertz CT molecular complexity index is 915. The lowest BCUT2D eigenvalue weighted by Crippen LogP contribution is -2.33. The summed E-state index contributed by atoms with van der Waals surface area (Å²) in [6.45, 7) is -0.390. The third-order valence-electron chi connectivity index (χ3n) is 4.07. The van der Waals surface area contributed by atoms with Crippen molar-refractivity contribution >= 4 is 17.0 Å². The van der Waals surface area contributed by atoms with Crippen molar-refractivity contribution in [1.29, 1.82) is 0 Å². The van der Waals surface area contributed by atoms with E-state index in [-0.39, 0.29) is 23.1 Å². The van der Waals surface area contributed by atoms with Gasteiger partial charge in [-0.25, -0.2) is 15.0 Å². The number of nitrogens with two attached hydrogens (primary N) is 1. The summed E-state index contributed by atoms with van der Waals surface area (Å²) in [4.78, 5) is 11.9. The van der Waals surface area contributed by atoms with Crippen molar-refractivity contribution in [2.75, 3.05) is 12.3 Å². The molecule has 150 valence electrons. The van der Waals surface area contributed by atoms with Crippen molar-refractivity contribution in [2.24, 2.45) is 0 Å². The van der Waals surface area contributed by atoms with Crippen LogP contribution in [-0.4, -0.2) is 75.1 Å². The maximum absolute atomic E-state index is 9.95. The van der Waals surface area contributed by atoms with E-state index < -0.39 is 31.1 Å². The van der Waals surface area contributed by atoms with E-state index in [1.165, 1.54) is 17.2 Å². The number of nitrogens with zero attached hydrogens (tertiary/aromatic N) is 4. The van der Waals surface area contributed by atoms with E-state index in [1.54, 1.807) is 0 Å². The number of aliphatic hydroxyl groups excluding tert-OH is 3. The first-order valence-electron chi connectivity index (χ1n) is 8.09. The number of ether oxygens (including phenoxy) is 1. The summed E-state index contributed by atoms with van der Waals surface area (Å²) in [7, 11) is 0. The Morgan fingerprint density at radius 3 is 2.11 bits per heavy atom. The van der Waals surface area contributed by atoms with Gasteiger partial charge in [-0.1, -0.05) is 0 Å². The van der Waals surface area contributed by atoms with Crippen molar-refractivity contribution in [3.63, 3.8) is 0 Å². The number of hydrogen-bond acceptors (Lipinski definition) is 11. The van der Waals surface area contributed by atoms with Crippen LogP contribution in [0.15, 0.2) is 30.9 Å². The number of fused-ring (bicyclic) bond motifs is 1. The number of rotatable bonds is 2. The molecule has 1 saturated heterocycles. The molecule has 0 amide bonds. The van der Waals surface area contributed by atoms with Crippen LogP contribution >= 0.6 is 0 Å². The van der Waals surface area contributed by atoms with Crippen LogP contribution in [-0.2, 0) is 4.74 Å². The quantitative estimate of drug-likeness (QED) is 0.276. The molecule has 1 aliphatic heterocycles. The van der Waals surface area contributed by atoms with E-state index in [4.69, 9.17) is 30.9 Å². The third kappa shape index (κ3) is 3.75. The number of aromatic hydroxyl groups is 3. The van der Waals surface area contributed by atoms with Gasteiger partial charge in [-0.05, 0) is 0 Å². The lowest BCUT2D eigenvalue weighted by atomic mass is 10.1. The third-order valence-corrected chi connectivity index (χ3v) is 4.07. The highest BCUT2D eigenvalue weighted by Gasteiger charge is 2.43. The number of anilines is 1. The van der Waals surface area contributed by atoms with Crippen LogP contribution in [0, 0.1) is 0 Å². The largest absolute Gasteiger partial charge is 0.508 e. The fraction of sp³-hybridized carbons (Fsp3) is 0.312. The fourth-order valence-electron chi connectivity index (χ4n) is 2.75. The molecule has 0 spiro atoms. The van der Waals surface area contributed by atoms with E-state index in [2.05, 4.69) is 15.0 Å². The van der Waals surface area contributed by atoms with E-state index in [0.29, 0.717) is 11.2 Å². The number of benzene rings is 1. The van der Waals surface area contributed by atoms with E-state index in [1.807, 2.05) is 0 Å². The predicted molar refractivity (Wildman–Crippen MR) is 94.2 cm³/mol. The van der Waals surface area contributed by atoms with Crippen molar-refractivity contribution in [3.8, 4) is 17.2 Å². The van der Waals surface area contributed by atoms with Gasteiger partial charge in [0.2, 0.25) is 0 Å². The smallest absolute Gasteiger partial charge is 0.167 e. The molecule has 28 heavy (non-hydrogen) atoms. The normalized spacial score (nSPS) is 24.1. The van der Waals surface area contributed by atoms with Gasteiger partial charge in [-0.3, -0.25) is 4.57 Å². The summed E-state index contributed by atoms with van der Waals surface area (Å²) >= 11 is 0. The molecule has 4 atom stereocenters. The molecule has 3 heterocycles. The molecule has 0 bridgehead atoms. The summed E-state index contributed by atoms with van der Waals surface area (Å²) < 4.78 is 6.85. The number of nitrogen functional groups attached to an aromatic ring is 1. The number of imidazole rings is 1. The molecule has 0 unspecified atom stereocenters. The summed E-state index contributed by atoms with van der Waals surface area (Å²) in [6.07, 6.45) is -1.42. The monoisotopic (exact) mass is 393 g/mol. The Hall–Kier alpha value is -3.19. The number of phenolic OH excluding ortho intramolecular Hbond substituents is 3. The van der Waals surface area contributed by atoms with Gasteiger partial charge in [-0.2, -0.15) is 0 Å². The second-order valence-corrected chi connectivity index (χ2v) is 6.02. The molecule has 1 fully saturated rings. The van der Waals surface area contributed by atoms with E-state index in [0.717, 1.165) is 18.2 Å². The Labute approximate surface area is 157 Å². The van der Waals surface area contributed by atoms with Crippen LogP contribution in [0.4, 0.5) is 5.82 Å². The zero-order valence-electron chi connectivity index (χ0n) is 14.4. The van der Waals surface area contributed by atoms with Gasteiger partial charge in [0, 0.05) is 18.2 Å². The highest BCUT2D eigenvalue weighted by molar-refractivity contribution is 5.81. The molecule has 0 radical (unpaired) electrons. The molecule has 2 aromatic heterocycles. The molecule has 4 rings (SSSR count). The average Bonchev–Trinajstić information content (AvgIpc) is 3.17. The van der Waals surface area contributed by atoms with Crippen LogP contribution in [0.3, 0.4) is 0 Å². The van der Waals surface area contributed by atoms with Gasteiger partial charge >= 0.3 is 0 Å². The maximum Gasteiger partial charge on any atom is 0.167 e. The second kappa shape index (κ2) is 7.82. The van der Waals surface area contributed by atoms with Crippen LogP contribution < -0.4 is 5.73 Å². The van der Waals surface area contributed by atoms with Crippen molar-refractivity contribution in [2.45, 2.75) is 24.5 Å². The lowest BCUT2D eigenvalue weighted by molar-refractivity contribution is -0.0511. The van der Waals surface area contributed by atoms with Gasteiger partial charge in [0.15, 0.2) is 17.7 Å². The highest BCUT2D eigenvalue weighted by Crippen LogP contribution is 2.31. The predicted octanol–water partition coefficient (Wildman–Crippen LogP) is -1.18. The summed E-state index contributed by atoms with van der Waals surface area (Å²) in [5.41, 5.74) is 6.44. The number of aromatic nitrogens is 4. The molecule has 8 N–H and O–H groups in total. The molecular formula is C16H19N5O7. The van der Waals surface area contributed by atoms with Gasteiger partial charge in [0.1, 0.15) is 47.4 Å². The zero-order chi connectivity index (χ0) is 20.4. The fourth-order valence-corrected chi connectivity index (χ4v) is 2.75. The zero-order valence-corrected chi connectivity index (χ0v) is 14.4. The lowest BCUT2D eigenvalue weighted by Gasteiger charge is -2.16. The minimum absolute atomic E-state index is 0.146. The number of hydrogen-bond donors (Lipinski definition) is 7. The maximum atomic E-state index is 9.95. The molecule has 1 aliphatic rings. The van der Waals surface area contributed by atoms with Gasteiger partial charge in [0.05, 0.1) is 12.9 Å². The molecule has 0 saturated carbocycles. The molecule has 0 aliphatic carbocycles. The summed E-state index contributed by atoms with van der Waals surface area (Å²) in [6, 6.07) is 3.42. The highest BCUT2D eigenvalue weighted by atomic mass is 16.6. The van der Waals surface area contributed by atoms with Crippen LogP contribution in [0.5, 0.6) is 17.2 Å². The Kier molecular flexibility index (Phi) is 5.46. The minimum atomic E-state index is -1.19. The van der Waals surface area contributed by atoms with Gasteiger partial charge in [0.25, 0.3) is 0 Å². The molecular weight excluding hydrogens is 374 g/mol. The topological polar surface area (TPSA) is 200 Å². The second-order valence-electron chi connectivity index (χ2n) is 6.02. The molecule has 3 aromatic rings. The van der Waals surface area contributed by atoms with Crippen molar-refractivity contribution < 1.29 is 35.4 Å². The Balaban J connectivity index is 0.000000211. The number of phenols is 3. The molecule has 12 heteroatoms. The van der Waals surface area contributed by atoms with Crippen LogP contribution in [0.1, 0.15) is 6.23 Å². The Morgan fingerprint density at radius 2 is 1.57 bits per heavy atom. The van der Waals surface area contributed by atoms with Crippen LogP contribution in [0.2, 0.25) is 0 Å². The first-order chi connectivity index (χ1) is 13.3. The van der Waals surface area contributed by atoms with Crippen molar-refractivity contribution in [1.82, 2.24) is 19.5 Å². The standard InChI is InChI=1S/C10H13N5O4.C6H6O3/c11-8-5-9(13-2-12-8)15(3-14-5)10-7(18)6(17)4(1-16)19-10;7-4-1-5(8)3-6(9)2-4/h2-4,6-7,10,16-18H,1H2,(H2,11,12,13);1-3,7-9H/t4-,6-,7-,10-;/m1./s1. The van der Waals surface area contributed by atoms with Crippen LogP contribution in [0.25, 0.3) is 11.2 Å². The van der Waals surface area contributed by atoms with Crippen molar-refractivity contribution in [3.05, 3.63) is 30.9 Å². The first kappa shape index (κ1) is 19.6. The Morgan fingerprint density at radius 1 is 0.964 bits per heavy atom. The molecule has 1 aromatic carbocycles. The van der Waals surface area contributed by atoms with E-state index >= 15 is 0 Å². The first-order valence-corrected chi connectivity index (χ1v) is 8.09. The van der Waals surface area contributed by atoms with E-state index in [9.17, 15) is 10.2 Å². The van der Waals surface area contributed by atoms with Gasteiger partial charge < -0.3 is 41.1 Å². The summed E-state index contributed by atoms with van der Waals surface area (Å²) in [5, 5.41) is 54.8. The molecule has 12 nitrogen and oxygen atoms in total. The number of aliphatic hydroxyl groups is 3. The average molecular weight is 393 g/mol. The SMILES string of the molecule is Nc1ncnc2c1ncn2[C@@H]1O[C@H](CO)[C@@H](O)[C@H]1O.Oc1cc(O)cc(O)c1.